The first-order valence-electron chi connectivity index (χ1n) is 7.44. The second kappa shape index (κ2) is 6.89. The lowest BCUT2D eigenvalue weighted by molar-refractivity contribution is -0.130. The summed E-state index contributed by atoms with van der Waals surface area (Å²) in [6, 6.07) is 5.43. The minimum Gasteiger partial charge on any atom is -0.381 e. The zero-order chi connectivity index (χ0) is 16.2. The van der Waals surface area contributed by atoms with E-state index in [0.29, 0.717) is 44.0 Å². The average molecular weight is 305 g/mol. The molecule has 1 aromatic rings. The van der Waals surface area contributed by atoms with Crippen LogP contribution in [0.4, 0.5) is 11.4 Å². The Balaban J connectivity index is 2.18. The molecular formula is C16H23N3O3. The number of benzene rings is 1. The van der Waals surface area contributed by atoms with Gasteiger partial charge in [0, 0.05) is 38.1 Å². The van der Waals surface area contributed by atoms with E-state index in [1.165, 1.54) is 6.92 Å². The molecule has 1 heterocycles. The number of hydrogen-bond donors (Lipinski definition) is 3. The maximum Gasteiger partial charge on any atom is 0.232 e. The fourth-order valence-electron chi connectivity index (χ4n) is 2.58. The maximum absolute atomic E-state index is 12.7. The lowest BCUT2D eigenvalue weighted by Gasteiger charge is -2.34. The number of carbonyl (C=O) groups excluding carboxylic acids is 2. The number of amides is 2. The minimum absolute atomic E-state index is 0.0821. The second-order valence-corrected chi connectivity index (χ2v) is 5.76. The molecule has 0 aliphatic carbocycles. The Morgan fingerprint density at radius 3 is 2.55 bits per heavy atom. The van der Waals surface area contributed by atoms with E-state index in [2.05, 4.69) is 10.6 Å². The van der Waals surface area contributed by atoms with Crippen LogP contribution in [0.1, 0.15) is 25.3 Å². The average Bonchev–Trinajstić information content (AvgIpc) is 2.50. The number of nitrogens with one attached hydrogen (secondary N) is 2. The summed E-state index contributed by atoms with van der Waals surface area (Å²) in [5.41, 5.74) is 7.56. The second-order valence-electron chi connectivity index (χ2n) is 5.76. The van der Waals surface area contributed by atoms with Crippen LogP contribution in [0.3, 0.4) is 0 Å². The molecule has 1 aliphatic rings. The van der Waals surface area contributed by atoms with Gasteiger partial charge in [-0.1, -0.05) is 6.07 Å². The van der Waals surface area contributed by atoms with Crippen molar-refractivity contribution in [2.45, 2.75) is 26.7 Å². The van der Waals surface area contributed by atoms with Crippen LogP contribution >= 0.6 is 0 Å². The predicted octanol–water partition coefficient (Wildman–Crippen LogP) is 1.65. The summed E-state index contributed by atoms with van der Waals surface area (Å²) in [5, 5.41) is 5.67. The summed E-state index contributed by atoms with van der Waals surface area (Å²) in [4.78, 5) is 23.8. The molecule has 2 amide bonds. The standard InChI is InChI=1S/C16H23N3O3/c1-11-3-4-13(18-12(2)20)9-14(11)19-15(21)16(10-17)5-7-22-8-6-16/h3-4,9H,5-8,10,17H2,1-2H3,(H,18,20)(H,19,21). The molecule has 0 unspecified atom stereocenters. The number of hydrogen-bond acceptors (Lipinski definition) is 4. The summed E-state index contributed by atoms with van der Waals surface area (Å²) < 4.78 is 5.33. The Labute approximate surface area is 130 Å². The zero-order valence-electron chi connectivity index (χ0n) is 13.1. The molecule has 0 spiro atoms. The normalized spacial score (nSPS) is 16.9. The molecular weight excluding hydrogens is 282 g/mol. The highest BCUT2D eigenvalue weighted by atomic mass is 16.5. The lowest BCUT2D eigenvalue weighted by Crippen LogP contribution is -2.46. The van der Waals surface area contributed by atoms with Crippen molar-refractivity contribution in [1.82, 2.24) is 0 Å². The van der Waals surface area contributed by atoms with Gasteiger partial charge in [0.25, 0.3) is 0 Å². The summed E-state index contributed by atoms with van der Waals surface area (Å²) in [7, 11) is 0. The summed E-state index contributed by atoms with van der Waals surface area (Å²) in [5.74, 6) is -0.231. The van der Waals surface area contributed by atoms with Crippen molar-refractivity contribution >= 4 is 23.2 Å². The van der Waals surface area contributed by atoms with Crippen molar-refractivity contribution in [2.75, 3.05) is 30.4 Å². The lowest BCUT2D eigenvalue weighted by atomic mass is 9.79. The largest absolute Gasteiger partial charge is 0.381 e. The van der Waals surface area contributed by atoms with Crippen molar-refractivity contribution < 1.29 is 14.3 Å². The molecule has 120 valence electrons. The predicted molar refractivity (Wildman–Crippen MR) is 85.7 cm³/mol. The Hall–Kier alpha value is -1.92. The maximum atomic E-state index is 12.7. The third-order valence-corrected chi connectivity index (χ3v) is 4.13. The van der Waals surface area contributed by atoms with Crippen LogP contribution in [0, 0.1) is 12.3 Å². The van der Waals surface area contributed by atoms with Gasteiger partial charge in [0.2, 0.25) is 11.8 Å². The molecule has 0 atom stereocenters. The van der Waals surface area contributed by atoms with E-state index in [9.17, 15) is 9.59 Å². The van der Waals surface area contributed by atoms with Crippen molar-refractivity contribution in [2.24, 2.45) is 11.1 Å². The number of ether oxygens (including phenoxy) is 1. The van der Waals surface area contributed by atoms with E-state index >= 15 is 0 Å². The quantitative estimate of drug-likeness (QED) is 0.788. The molecule has 1 aromatic carbocycles. The summed E-state index contributed by atoms with van der Waals surface area (Å²) in [6.07, 6.45) is 1.25. The van der Waals surface area contributed by atoms with Crippen LogP contribution in [0.15, 0.2) is 18.2 Å². The first kappa shape index (κ1) is 16.5. The van der Waals surface area contributed by atoms with Crippen molar-refractivity contribution in [3.63, 3.8) is 0 Å². The fraction of sp³-hybridized carbons (Fsp3) is 0.500. The van der Waals surface area contributed by atoms with Crippen LogP contribution in [0.5, 0.6) is 0 Å². The van der Waals surface area contributed by atoms with Crippen molar-refractivity contribution in [3.05, 3.63) is 23.8 Å². The molecule has 0 aromatic heterocycles. The first-order valence-corrected chi connectivity index (χ1v) is 7.44. The van der Waals surface area contributed by atoms with Crippen LogP contribution in [-0.2, 0) is 14.3 Å². The van der Waals surface area contributed by atoms with Gasteiger partial charge in [-0.15, -0.1) is 0 Å². The summed E-state index contributed by atoms with van der Waals surface area (Å²) in [6.45, 7) is 4.76. The monoisotopic (exact) mass is 305 g/mol. The smallest absolute Gasteiger partial charge is 0.232 e. The SMILES string of the molecule is CC(=O)Nc1ccc(C)c(NC(=O)C2(CN)CCOCC2)c1. The molecule has 4 N–H and O–H groups in total. The van der Waals surface area contributed by atoms with Crippen LogP contribution in [0.2, 0.25) is 0 Å². The topological polar surface area (TPSA) is 93.5 Å². The van der Waals surface area contributed by atoms with Gasteiger partial charge < -0.3 is 21.1 Å². The van der Waals surface area contributed by atoms with Crippen LogP contribution in [-0.4, -0.2) is 31.6 Å². The fourth-order valence-corrected chi connectivity index (χ4v) is 2.58. The number of nitrogens with two attached hydrogens (primary N) is 1. The van der Waals surface area contributed by atoms with Crippen LogP contribution < -0.4 is 16.4 Å². The summed E-state index contributed by atoms with van der Waals surface area (Å²) >= 11 is 0. The van der Waals surface area contributed by atoms with Gasteiger partial charge in [0.1, 0.15) is 0 Å². The Morgan fingerprint density at radius 1 is 1.27 bits per heavy atom. The van der Waals surface area contributed by atoms with E-state index < -0.39 is 5.41 Å². The number of carbonyl (C=O) groups is 2. The highest BCUT2D eigenvalue weighted by Gasteiger charge is 2.38. The minimum atomic E-state index is -0.575. The Morgan fingerprint density at radius 2 is 1.95 bits per heavy atom. The van der Waals surface area contributed by atoms with Gasteiger partial charge in [0.05, 0.1) is 5.41 Å². The first-order chi connectivity index (χ1) is 10.5. The molecule has 0 radical (unpaired) electrons. The van der Waals surface area contributed by atoms with E-state index in [0.717, 1.165) is 5.56 Å². The van der Waals surface area contributed by atoms with E-state index in [-0.39, 0.29) is 11.8 Å². The van der Waals surface area contributed by atoms with Gasteiger partial charge in [-0.3, -0.25) is 9.59 Å². The van der Waals surface area contributed by atoms with Gasteiger partial charge in [-0.25, -0.2) is 0 Å². The van der Waals surface area contributed by atoms with Gasteiger partial charge in [-0.05, 0) is 37.5 Å². The molecule has 1 fully saturated rings. The van der Waals surface area contributed by atoms with E-state index in [1.807, 2.05) is 13.0 Å². The third-order valence-electron chi connectivity index (χ3n) is 4.13. The molecule has 6 nitrogen and oxygen atoms in total. The van der Waals surface area contributed by atoms with Crippen molar-refractivity contribution in [3.8, 4) is 0 Å². The molecule has 2 rings (SSSR count). The Kier molecular flexibility index (Phi) is 5.15. The number of aryl methyl sites for hydroxylation is 1. The molecule has 6 heteroatoms. The highest BCUT2D eigenvalue weighted by molar-refractivity contribution is 5.97. The highest BCUT2D eigenvalue weighted by Crippen LogP contribution is 2.32. The van der Waals surface area contributed by atoms with Gasteiger partial charge in [0.15, 0.2) is 0 Å². The van der Waals surface area contributed by atoms with E-state index in [4.69, 9.17) is 10.5 Å². The molecule has 1 saturated heterocycles. The van der Waals surface area contributed by atoms with Crippen LogP contribution in [0.25, 0.3) is 0 Å². The van der Waals surface area contributed by atoms with Crippen molar-refractivity contribution in [1.29, 1.82) is 0 Å². The van der Waals surface area contributed by atoms with Gasteiger partial charge in [-0.2, -0.15) is 0 Å². The zero-order valence-corrected chi connectivity index (χ0v) is 13.1. The molecule has 0 saturated carbocycles. The molecule has 22 heavy (non-hydrogen) atoms. The van der Waals surface area contributed by atoms with E-state index in [1.54, 1.807) is 12.1 Å². The molecule has 1 aliphatic heterocycles. The third kappa shape index (κ3) is 3.64. The van der Waals surface area contributed by atoms with Gasteiger partial charge >= 0.3 is 0 Å². The molecule has 0 bridgehead atoms. The Bertz CT molecular complexity index is 566. The number of anilines is 2. The number of rotatable bonds is 4.